The molecule has 1 atom stereocenters. The molecule has 0 bridgehead atoms. The molecule has 1 saturated heterocycles. The zero-order valence-corrected chi connectivity index (χ0v) is 9.20. The molecule has 82 valence electrons. The van der Waals surface area contributed by atoms with Gasteiger partial charge in [-0.2, -0.15) is 0 Å². The molecule has 1 fully saturated rings. The van der Waals surface area contributed by atoms with Crippen LogP contribution >= 0.6 is 0 Å². The number of nitrogens with two attached hydrogens (primary N) is 1. The Hall–Kier alpha value is -0.610. The van der Waals surface area contributed by atoms with Crippen LogP contribution in [0.2, 0.25) is 0 Å². The highest BCUT2D eigenvalue weighted by molar-refractivity contribution is 5.76. The first-order chi connectivity index (χ1) is 6.65. The van der Waals surface area contributed by atoms with E-state index < -0.39 is 0 Å². The summed E-state index contributed by atoms with van der Waals surface area (Å²) < 4.78 is 0. The lowest BCUT2D eigenvalue weighted by Crippen LogP contribution is -2.39. The van der Waals surface area contributed by atoms with E-state index in [4.69, 9.17) is 5.73 Å². The van der Waals surface area contributed by atoms with Gasteiger partial charge in [0, 0.05) is 32.6 Å². The molecule has 1 aliphatic heterocycles. The molecule has 0 aromatic carbocycles. The van der Waals surface area contributed by atoms with Crippen LogP contribution in [0.5, 0.6) is 0 Å². The number of nitrogens with zero attached hydrogens (tertiary/aromatic N) is 2. The number of amides is 1. The minimum absolute atomic E-state index is 0.257. The molecule has 0 aromatic rings. The monoisotopic (exact) mass is 199 g/mol. The van der Waals surface area contributed by atoms with Crippen molar-refractivity contribution in [3.05, 3.63) is 0 Å². The van der Waals surface area contributed by atoms with Gasteiger partial charge in [-0.15, -0.1) is 0 Å². The van der Waals surface area contributed by atoms with Crippen LogP contribution in [-0.4, -0.2) is 55.0 Å². The average Bonchev–Trinajstić information content (AvgIpc) is 2.26. The summed E-state index contributed by atoms with van der Waals surface area (Å²) in [6.45, 7) is 5.63. The molecule has 1 unspecified atom stereocenters. The third kappa shape index (κ3) is 2.96. The Labute approximate surface area is 86.0 Å². The van der Waals surface area contributed by atoms with E-state index in [2.05, 4.69) is 11.8 Å². The van der Waals surface area contributed by atoms with E-state index >= 15 is 0 Å². The van der Waals surface area contributed by atoms with Crippen LogP contribution in [0.3, 0.4) is 0 Å². The second kappa shape index (κ2) is 5.32. The SMILES string of the molecule is CC1CN(C)C(=O)CCN1CCCN. The third-order valence-electron chi connectivity index (χ3n) is 2.85. The fraction of sp³-hybridized carbons (Fsp3) is 0.900. The third-order valence-corrected chi connectivity index (χ3v) is 2.85. The number of carbonyl (C=O) groups excluding carboxylic acids is 1. The number of hydrogen-bond acceptors (Lipinski definition) is 3. The van der Waals surface area contributed by atoms with Gasteiger partial charge < -0.3 is 10.6 Å². The van der Waals surface area contributed by atoms with Crippen molar-refractivity contribution in [2.45, 2.75) is 25.8 Å². The molecule has 0 aromatic heterocycles. The Morgan fingerprint density at radius 3 is 2.93 bits per heavy atom. The maximum Gasteiger partial charge on any atom is 0.223 e. The van der Waals surface area contributed by atoms with Crippen LogP contribution in [0, 0.1) is 0 Å². The summed E-state index contributed by atoms with van der Waals surface area (Å²) in [7, 11) is 1.88. The van der Waals surface area contributed by atoms with Gasteiger partial charge in [0.05, 0.1) is 0 Å². The summed E-state index contributed by atoms with van der Waals surface area (Å²) in [6, 6.07) is 0.456. The van der Waals surface area contributed by atoms with Crippen molar-refractivity contribution in [1.29, 1.82) is 0 Å². The van der Waals surface area contributed by atoms with Crippen molar-refractivity contribution in [1.82, 2.24) is 9.80 Å². The van der Waals surface area contributed by atoms with E-state index in [1.807, 2.05) is 11.9 Å². The average molecular weight is 199 g/mol. The smallest absolute Gasteiger partial charge is 0.223 e. The van der Waals surface area contributed by atoms with Gasteiger partial charge in [0.2, 0.25) is 5.91 Å². The summed E-state index contributed by atoms with van der Waals surface area (Å²) in [5, 5.41) is 0. The van der Waals surface area contributed by atoms with Crippen molar-refractivity contribution in [3.63, 3.8) is 0 Å². The van der Waals surface area contributed by atoms with E-state index in [9.17, 15) is 4.79 Å². The van der Waals surface area contributed by atoms with Crippen LogP contribution < -0.4 is 5.73 Å². The lowest BCUT2D eigenvalue weighted by Gasteiger charge is -2.27. The van der Waals surface area contributed by atoms with Crippen molar-refractivity contribution in [2.24, 2.45) is 5.73 Å². The molecule has 1 heterocycles. The topological polar surface area (TPSA) is 49.6 Å². The van der Waals surface area contributed by atoms with Crippen molar-refractivity contribution >= 4 is 5.91 Å². The number of carbonyl (C=O) groups is 1. The first-order valence-electron chi connectivity index (χ1n) is 5.33. The van der Waals surface area contributed by atoms with E-state index in [1.165, 1.54) is 0 Å². The normalized spacial score (nSPS) is 25.2. The quantitative estimate of drug-likeness (QED) is 0.690. The maximum atomic E-state index is 11.5. The lowest BCUT2D eigenvalue weighted by molar-refractivity contribution is -0.129. The molecule has 14 heavy (non-hydrogen) atoms. The predicted octanol–water partition coefficient (Wildman–Crippen LogP) is -0.112. The highest BCUT2D eigenvalue weighted by atomic mass is 16.2. The lowest BCUT2D eigenvalue weighted by atomic mass is 10.2. The van der Waals surface area contributed by atoms with Gasteiger partial charge in [-0.3, -0.25) is 9.69 Å². The molecule has 1 rings (SSSR count). The molecule has 1 amide bonds. The first-order valence-corrected chi connectivity index (χ1v) is 5.33. The summed E-state index contributed by atoms with van der Waals surface area (Å²) in [5.41, 5.74) is 5.48. The highest BCUT2D eigenvalue weighted by Crippen LogP contribution is 2.09. The maximum absolute atomic E-state index is 11.5. The summed E-state index contributed by atoms with van der Waals surface area (Å²) in [5.74, 6) is 0.257. The molecule has 0 aliphatic carbocycles. The number of rotatable bonds is 3. The predicted molar refractivity (Wildman–Crippen MR) is 57.0 cm³/mol. The van der Waals surface area contributed by atoms with Crippen LogP contribution in [0.1, 0.15) is 19.8 Å². The molecule has 2 N–H and O–H groups in total. The van der Waals surface area contributed by atoms with Gasteiger partial charge >= 0.3 is 0 Å². The Morgan fingerprint density at radius 1 is 1.57 bits per heavy atom. The fourth-order valence-electron chi connectivity index (χ4n) is 1.89. The van der Waals surface area contributed by atoms with Gasteiger partial charge in [0.1, 0.15) is 0 Å². The van der Waals surface area contributed by atoms with Crippen molar-refractivity contribution in [2.75, 3.05) is 33.2 Å². The Bertz CT molecular complexity index is 196. The molecule has 1 aliphatic rings. The van der Waals surface area contributed by atoms with Crippen LogP contribution in [0.15, 0.2) is 0 Å². The van der Waals surface area contributed by atoms with Crippen LogP contribution in [0.4, 0.5) is 0 Å². The van der Waals surface area contributed by atoms with Crippen molar-refractivity contribution in [3.8, 4) is 0 Å². The minimum atomic E-state index is 0.257. The summed E-state index contributed by atoms with van der Waals surface area (Å²) in [6.07, 6.45) is 1.66. The van der Waals surface area contributed by atoms with Gasteiger partial charge in [-0.05, 0) is 26.4 Å². The molecule has 0 saturated carbocycles. The number of hydrogen-bond donors (Lipinski definition) is 1. The second-order valence-corrected chi connectivity index (χ2v) is 4.05. The van der Waals surface area contributed by atoms with E-state index in [1.54, 1.807) is 0 Å². The van der Waals surface area contributed by atoms with Crippen molar-refractivity contribution < 1.29 is 4.79 Å². The summed E-state index contributed by atoms with van der Waals surface area (Å²) >= 11 is 0. The fourth-order valence-corrected chi connectivity index (χ4v) is 1.89. The molecule has 0 spiro atoms. The van der Waals surface area contributed by atoms with E-state index in [-0.39, 0.29) is 5.91 Å². The highest BCUT2D eigenvalue weighted by Gasteiger charge is 2.22. The number of likely N-dealkylation sites (N-methyl/N-ethyl adjacent to an activating group) is 1. The minimum Gasteiger partial charge on any atom is -0.344 e. The molecular weight excluding hydrogens is 178 g/mol. The van der Waals surface area contributed by atoms with Gasteiger partial charge in [0.25, 0.3) is 0 Å². The standard InChI is InChI=1S/C10H21N3O/c1-9-8-12(2)10(14)4-7-13(9)6-3-5-11/h9H,3-8,11H2,1-2H3. The van der Waals surface area contributed by atoms with Gasteiger partial charge in [-0.1, -0.05) is 0 Å². The zero-order chi connectivity index (χ0) is 10.6. The van der Waals surface area contributed by atoms with Crippen LogP contribution in [0.25, 0.3) is 0 Å². The first kappa shape index (κ1) is 11.5. The zero-order valence-electron chi connectivity index (χ0n) is 9.20. The molecule has 0 radical (unpaired) electrons. The Kier molecular flexibility index (Phi) is 4.35. The molecular formula is C10H21N3O. The molecule has 4 heteroatoms. The van der Waals surface area contributed by atoms with Gasteiger partial charge in [0.15, 0.2) is 0 Å². The molecule has 4 nitrogen and oxygen atoms in total. The van der Waals surface area contributed by atoms with E-state index in [0.29, 0.717) is 12.5 Å². The second-order valence-electron chi connectivity index (χ2n) is 4.05. The van der Waals surface area contributed by atoms with E-state index in [0.717, 1.165) is 32.6 Å². The Balaban J connectivity index is 2.47. The van der Waals surface area contributed by atoms with Crippen LogP contribution in [-0.2, 0) is 4.79 Å². The largest absolute Gasteiger partial charge is 0.344 e. The summed E-state index contributed by atoms with van der Waals surface area (Å²) in [4.78, 5) is 15.6. The van der Waals surface area contributed by atoms with Gasteiger partial charge in [-0.25, -0.2) is 0 Å². The Morgan fingerprint density at radius 2 is 2.29 bits per heavy atom.